The Kier molecular flexibility index (Phi) is 2.29. The van der Waals surface area contributed by atoms with Gasteiger partial charge in [0.1, 0.15) is 6.17 Å². The molecule has 0 aromatic rings. The van der Waals surface area contributed by atoms with E-state index in [1.165, 1.54) is 0 Å². The molecule has 1 nitrogen and oxygen atoms in total. The maximum Gasteiger partial charge on any atom is 0.108 e. The molecule has 1 heterocycles. The van der Waals surface area contributed by atoms with Gasteiger partial charge in [-0.05, 0) is 7.05 Å². The normalized spacial score (nSPS) is 38.4. The number of alkyl halides is 1. The number of nitrogens with zero attached hydrogens (tertiary/aromatic N) is 1. The number of hydrogen-bond donors (Lipinski definition) is 0. The molecule has 0 aromatic carbocycles. The molecule has 0 radical (unpaired) electrons. The van der Waals surface area contributed by atoms with Gasteiger partial charge in [-0.3, -0.25) is 0 Å². The number of piperidine rings is 1. The van der Waals surface area contributed by atoms with Crippen LogP contribution in [0, 0.1) is 11.8 Å². The lowest BCUT2D eigenvalue weighted by atomic mass is 9.90. The molecule has 0 spiro atoms. The summed E-state index contributed by atoms with van der Waals surface area (Å²) in [6, 6.07) is 0. The Labute approximate surface area is 62.2 Å². The summed E-state index contributed by atoms with van der Waals surface area (Å²) in [4.78, 5) is 2.20. The average molecular weight is 145 g/mol. The van der Waals surface area contributed by atoms with Crippen LogP contribution in [0.1, 0.15) is 13.8 Å². The van der Waals surface area contributed by atoms with E-state index >= 15 is 0 Å². The fourth-order valence-corrected chi connectivity index (χ4v) is 1.82. The maximum atomic E-state index is 13.1. The average Bonchev–Trinajstić information content (AvgIpc) is 1.82. The Morgan fingerprint density at radius 3 is 2.00 bits per heavy atom. The highest BCUT2D eigenvalue weighted by molar-refractivity contribution is 4.80. The zero-order valence-electron chi connectivity index (χ0n) is 6.97. The molecule has 1 rings (SSSR count). The molecule has 0 amide bonds. The number of halogens is 1. The summed E-state index contributed by atoms with van der Waals surface area (Å²) < 4.78 is 13.1. The van der Waals surface area contributed by atoms with Gasteiger partial charge in [0.05, 0.1) is 0 Å². The Morgan fingerprint density at radius 1 is 1.20 bits per heavy atom. The van der Waals surface area contributed by atoms with Crippen LogP contribution >= 0.6 is 0 Å². The van der Waals surface area contributed by atoms with E-state index in [0.717, 1.165) is 13.1 Å². The molecule has 0 bridgehead atoms. The lowest BCUT2D eigenvalue weighted by Gasteiger charge is -2.35. The third-order valence-electron chi connectivity index (χ3n) is 2.29. The van der Waals surface area contributed by atoms with Gasteiger partial charge in [0.2, 0.25) is 0 Å². The van der Waals surface area contributed by atoms with Crippen molar-refractivity contribution in [3.63, 3.8) is 0 Å². The summed E-state index contributed by atoms with van der Waals surface area (Å²) in [5, 5.41) is 0. The Hall–Kier alpha value is -0.110. The Morgan fingerprint density at radius 2 is 1.60 bits per heavy atom. The molecule has 1 saturated heterocycles. The first-order valence-corrected chi connectivity index (χ1v) is 3.94. The summed E-state index contributed by atoms with van der Waals surface area (Å²) >= 11 is 0. The van der Waals surface area contributed by atoms with Crippen molar-refractivity contribution in [1.29, 1.82) is 0 Å². The van der Waals surface area contributed by atoms with E-state index in [1.807, 2.05) is 13.8 Å². The molecule has 1 fully saturated rings. The molecule has 60 valence electrons. The Bertz CT molecular complexity index is 104. The molecule has 10 heavy (non-hydrogen) atoms. The summed E-state index contributed by atoms with van der Waals surface area (Å²) in [6.45, 7) is 5.78. The van der Waals surface area contributed by atoms with Gasteiger partial charge in [-0.2, -0.15) is 0 Å². The van der Waals surface area contributed by atoms with Crippen molar-refractivity contribution in [2.45, 2.75) is 20.0 Å². The minimum absolute atomic E-state index is 0.216. The second-order valence-corrected chi connectivity index (χ2v) is 3.62. The van der Waals surface area contributed by atoms with E-state index in [-0.39, 0.29) is 11.8 Å². The predicted molar refractivity (Wildman–Crippen MR) is 40.7 cm³/mol. The van der Waals surface area contributed by atoms with Crippen LogP contribution in [0.15, 0.2) is 0 Å². The fraction of sp³-hybridized carbons (Fsp3) is 1.00. The van der Waals surface area contributed by atoms with Crippen molar-refractivity contribution in [3.8, 4) is 0 Å². The van der Waals surface area contributed by atoms with Gasteiger partial charge >= 0.3 is 0 Å². The lowest BCUT2D eigenvalue weighted by Crippen LogP contribution is -2.43. The van der Waals surface area contributed by atoms with Crippen molar-refractivity contribution in [1.82, 2.24) is 4.90 Å². The molecule has 0 N–H and O–H groups in total. The van der Waals surface area contributed by atoms with E-state index in [2.05, 4.69) is 11.9 Å². The van der Waals surface area contributed by atoms with Gasteiger partial charge in [0.25, 0.3) is 0 Å². The van der Waals surface area contributed by atoms with E-state index < -0.39 is 6.17 Å². The summed E-state index contributed by atoms with van der Waals surface area (Å²) in [6.07, 6.45) is -0.587. The summed E-state index contributed by atoms with van der Waals surface area (Å²) in [5.74, 6) is 0.433. The SMILES string of the molecule is C[C@H]1CN(C)C[C@H](C)C1F. The quantitative estimate of drug-likeness (QED) is 0.500. The molecular formula is C8H16FN. The number of hydrogen-bond acceptors (Lipinski definition) is 1. The Balaban J connectivity index is 2.49. The van der Waals surface area contributed by atoms with Crippen LogP contribution < -0.4 is 0 Å². The van der Waals surface area contributed by atoms with Crippen molar-refractivity contribution in [2.24, 2.45) is 11.8 Å². The van der Waals surface area contributed by atoms with Crippen molar-refractivity contribution >= 4 is 0 Å². The van der Waals surface area contributed by atoms with Crippen LogP contribution in [-0.2, 0) is 0 Å². The minimum atomic E-state index is -0.587. The second kappa shape index (κ2) is 2.87. The predicted octanol–water partition coefficient (Wildman–Crippen LogP) is 1.54. The first-order chi connectivity index (χ1) is 4.61. The highest BCUT2D eigenvalue weighted by Crippen LogP contribution is 2.23. The van der Waals surface area contributed by atoms with E-state index in [0.29, 0.717) is 0 Å². The molecule has 1 aliphatic heterocycles. The molecular weight excluding hydrogens is 129 g/mol. The molecule has 0 saturated carbocycles. The van der Waals surface area contributed by atoms with E-state index in [9.17, 15) is 4.39 Å². The largest absolute Gasteiger partial charge is 0.306 e. The van der Waals surface area contributed by atoms with Crippen molar-refractivity contribution in [3.05, 3.63) is 0 Å². The summed E-state index contributed by atoms with van der Waals surface area (Å²) in [7, 11) is 2.05. The standard InChI is InChI=1S/C8H16FN/c1-6-4-10(3)5-7(2)8(6)9/h6-8H,4-5H2,1-3H3/t6-,7-/m0/s1. The van der Waals surface area contributed by atoms with Crippen LogP contribution in [0.25, 0.3) is 0 Å². The minimum Gasteiger partial charge on any atom is -0.306 e. The highest BCUT2D eigenvalue weighted by atomic mass is 19.1. The monoisotopic (exact) mass is 145 g/mol. The molecule has 2 atom stereocenters. The smallest absolute Gasteiger partial charge is 0.108 e. The maximum absolute atomic E-state index is 13.1. The third-order valence-corrected chi connectivity index (χ3v) is 2.29. The third kappa shape index (κ3) is 1.48. The van der Waals surface area contributed by atoms with Crippen LogP contribution in [0.3, 0.4) is 0 Å². The van der Waals surface area contributed by atoms with Gasteiger partial charge in [-0.15, -0.1) is 0 Å². The van der Waals surface area contributed by atoms with E-state index in [1.54, 1.807) is 0 Å². The molecule has 2 heteroatoms. The van der Waals surface area contributed by atoms with Crippen LogP contribution in [0.5, 0.6) is 0 Å². The summed E-state index contributed by atoms with van der Waals surface area (Å²) in [5.41, 5.74) is 0. The van der Waals surface area contributed by atoms with Gasteiger partial charge in [0.15, 0.2) is 0 Å². The highest BCUT2D eigenvalue weighted by Gasteiger charge is 2.29. The second-order valence-electron chi connectivity index (χ2n) is 3.62. The molecule has 0 aliphatic carbocycles. The first kappa shape index (κ1) is 7.99. The van der Waals surface area contributed by atoms with E-state index in [4.69, 9.17) is 0 Å². The van der Waals surface area contributed by atoms with Gasteiger partial charge in [-0.1, -0.05) is 13.8 Å². The van der Waals surface area contributed by atoms with Crippen LogP contribution in [0.4, 0.5) is 4.39 Å². The molecule has 1 aliphatic rings. The van der Waals surface area contributed by atoms with Crippen molar-refractivity contribution in [2.75, 3.05) is 20.1 Å². The first-order valence-electron chi connectivity index (χ1n) is 3.94. The van der Waals surface area contributed by atoms with Crippen LogP contribution in [0.2, 0.25) is 0 Å². The number of rotatable bonds is 0. The zero-order chi connectivity index (χ0) is 7.72. The van der Waals surface area contributed by atoms with Gasteiger partial charge < -0.3 is 4.90 Å². The topological polar surface area (TPSA) is 3.24 Å². The number of likely N-dealkylation sites (tertiary alicyclic amines) is 1. The molecule has 0 aromatic heterocycles. The lowest BCUT2D eigenvalue weighted by molar-refractivity contribution is 0.0645. The fourth-order valence-electron chi connectivity index (χ4n) is 1.82. The zero-order valence-corrected chi connectivity index (χ0v) is 6.97. The van der Waals surface area contributed by atoms with Gasteiger partial charge in [0, 0.05) is 24.9 Å². The molecule has 0 unspecified atom stereocenters. The van der Waals surface area contributed by atoms with Crippen molar-refractivity contribution < 1.29 is 4.39 Å². The van der Waals surface area contributed by atoms with Gasteiger partial charge in [-0.25, -0.2) is 4.39 Å². The van der Waals surface area contributed by atoms with Crippen LogP contribution in [-0.4, -0.2) is 31.2 Å².